The molecule has 1 aliphatic heterocycles. The number of pyridine rings is 1. The predicted molar refractivity (Wildman–Crippen MR) is 139 cm³/mol. The van der Waals surface area contributed by atoms with Crippen molar-refractivity contribution in [2.24, 2.45) is 5.92 Å². The number of nitrogens with one attached hydrogen (secondary N) is 1. The SMILES string of the molecule is Cc1cc(N2CCOCC2)nc2ccc(NC(=O)C=Cc3ccc(OCCC(C)C)cc3)cc12. The van der Waals surface area contributed by atoms with E-state index in [4.69, 9.17) is 14.5 Å². The quantitative estimate of drug-likeness (QED) is 0.454. The molecule has 0 unspecified atom stereocenters. The first-order valence-electron chi connectivity index (χ1n) is 11.9. The van der Waals surface area contributed by atoms with Crippen LogP contribution in [0.15, 0.2) is 54.6 Å². The van der Waals surface area contributed by atoms with E-state index in [0.717, 1.165) is 72.0 Å². The molecule has 1 N–H and O–H groups in total. The normalized spacial score (nSPS) is 14.2. The Balaban J connectivity index is 1.37. The second-order valence-electron chi connectivity index (χ2n) is 9.05. The Morgan fingerprint density at radius 2 is 1.91 bits per heavy atom. The maximum atomic E-state index is 12.5. The van der Waals surface area contributed by atoms with Crippen molar-refractivity contribution >= 4 is 34.4 Å². The minimum atomic E-state index is -0.174. The molecule has 0 atom stereocenters. The Bertz CT molecular complexity index is 1150. The molecule has 1 aliphatic rings. The average molecular weight is 460 g/mol. The fourth-order valence-corrected chi connectivity index (χ4v) is 3.85. The Morgan fingerprint density at radius 3 is 2.65 bits per heavy atom. The molecular weight excluding hydrogens is 426 g/mol. The van der Waals surface area contributed by atoms with Crippen LogP contribution in [0.4, 0.5) is 11.5 Å². The summed E-state index contributed by atoms with van der Waals surface area (Å²) in [6, 6.07) is 15.7. The number of aromatic nitrogens is 1. The van der Waals surface area contributed by atoms with Crippen LogP contribution in [0.3, 0.4) is 0 Å². The molecule has 0 saturated carbocycles. The van der Waals surface area contributed by atoms with Crippen molar-refractivity contribution in [3.8, 4) is 5.75 Å². The zero-order valence-electron chi connectivity index (χ0n) is 20.2. The zero-order valence-corrected chi connectivity index (χ0v) is 20.2. The van der Waals surface area contributed by atoms with E-state index in [0.29, 0.717) is 12.5 Å². The number of hydrogen-bond acceptors (Lipinski definition) is 5. The minimum Gasteiger partial charge on any atom is -0.494 e. The lowest BCUT2D eigenvalue weighted by Gasteiger charge is -2.28. The monoisotopic (exact) mass is 459 g/mol. The van der Waals surface area contributed by atoms with Crippen LogP contribution < -0.4 is 15.0 Å². The molecule has 6 nitrogen and oxygen atoms in total. The molecule has 178 valence electrons. The molecule has 0 radical (unpaired) electrons. The van der Waals surface area contributed by atoms with Gasteiger partial charge in [-0.3, -0.25) is 4.79 Å². The number of fused-ring (bicyclic) bond motifs is 1. The number of rotatable bonds is 8. The summed E-state index contributed by atoms with van der Waals surface area (Å²) in [6.45, 7) is 10.3. The third kappa shape index (κ3) is 6.35. The number of benzene rings is 2. The Labute approximate surface area is 201 Å². The van der Waals surface area contributed by atoms with Gasteiger partial charge in [0.25, 0.3) is 0 Å². The lowest BCUT2D eigenvalue weighted by atomic mass is 10.1. The van der Waals surface area contributed by atoms with E-state index in [9.17, 15) is 4.79 Å². The van der Waals surface area contributed by atoms with Crippen LogP contribution in [0.1, 0.15) is 31.4 Å². The van der Waals surface area contributed by atoms with E-state index >= 15 is 0 Å². The molecule has 34 heavy (non-hydrogen) atoms. The summed E-state index contributed by atoms with van der Waals surface area (Å²) in [4.78, 5) is 19.6. The third-order valence-corrected chi connectivity index (χ3v) is 5.88. The maximum absolute atomic E-state index is 12.5. The molecule has 4 rings (SSSR count). The topological polar surface area (TPSA) is 63.7 Å². The number of carbonyl (C=O) groups is 1. The first kappa shape index (κ1) is 23.8. The number of hydrogen-bond donors (Lipinski definition) is 1. The number of amides is 1. The Hall–Kier alpha value is -3.38. The number of ether oxygens (including phenoxy) is 2. The molecule has 6 heteroatoms. The molecular formula is C28H33N3O3. The molecule has 0 bridgehead atoms. The summed E-state index contributed by atoms with van der Waals surface area (Å²) in [5.74, 6) is 2.27. The highest BCUT2D eigenvalue weighted by Crippen LogP contribution is 2.26. The number of anilines is 2. The third-order valence-electron chi connectivity index (χ3n) is 5.88. The number of aryl methyl sites for hydroxylation is 1. The highest BCUT2D eigenvalue weighted by atomic mass is 16.5. The zero-order chi connectivity index (χ0) is 23.9. The number of nitrogens with zero attached hydrogens (tertiary/aromatic N) is 2. The van der Waals surface area contributed by atoms with Crippen molar-refractivity contribution in [1.29, 1.82) is 0 Å². The molecule has 1 fully saturated rings. The first-order chi connectivity index (χ1) is 16.5. The van der Waals surface area contributed by atoms with Gasteiger partial charge in [0.1, 0.15) is 11.6 Å². The average Bonchev–Trinajstić information content (AvgIpc) is 2.84. The fraction of sp³-hybridized carbons (Fsp3) is 0.357. The summed E-state index contributed by atoms with van der Waals surface area (Å²) < 4.78 is 11.2. The summed E-state index contributed by atoms with van der Waals surface area (Å²) in [7, 11) is 0. The van der Waals surface area contributed by atoms with Gasteiger partial charge in [0.15, 0.2) is 0 Å². The standard InChI is InChI=1S/C28H33N3O3/c1-20(2)12-15-34-24-8-4-22(5-9-24)6-11-28(32)29-23-7-10-26-25(19-23)21(3)18-27(30-26)31-13-16-33-17-14-31/h4-11,18-20H,12-17H2,1-3H3,(H,29,32). The van der Waals surface area contributed by atoms with Gasteiger partial charge in [-0.05, 0) is 72.9 Å². The molecule has 1 saturated heterocycles. The Morgan fingerprint density at radius 1 is 1.15 bits per heavy atom. The predicted octanol–water partition coefficient (Wildman–Crippen LogP) is 5.46. The van der Waals surface area contributed by atoms with Crippen molar-refractivity contribution < 1.29 is 14.3 Å². The number of morpholine rings is 1. The van der Waals surface area contributed by atoms with Gasteiger partial charge in [-0.25, -0.2) is 4.98 Å². The van der Waals surface area contributed by atoms with Crippen LogP contribution in [0.25, 0.3) is 17.0 Å². The molecule has 0 aliphatic carbocycles. The van der Waals surface area contributed by atoms with Gasteiger partial charge in [0, 0.05) is 30.2 Å². The lowest BCUT2D eigenvalue weighted by Crippen LogP contribution is -2.36. The molecule has 2 heterocycles. The molecule has 1 aromatic heterocycles. The highest BCUT2D eigenvalue weighted by molar-refractivity contribution is 6.03. The van der Waals surface area contributed by atoms with Crippen LogP contribution in [-0.4, -0.2) is 43.8 Å². The smallest absolute Gasteiger partial charge is 0.248 e. The van der Waals surface area contributed by atoms with Crippen molar-refractivity contribution in [3.63, 3.8) is 0 Å². The van der Waals surface area contributed by atoms with Gasteiger partial charge >= 0.3 is 0 Å². The van der Waals surface area contributed by atoms with E-state index in [-0.39, 0.29) is 5.91 Å². The van der Waals surface area contributed by atoms with Gasteiger partial charge < -0.3 is 19.7 Å². The van der Waals surface area contributed by atoms with E-state index in [1.165, 1.54) is 0 Å². The van der Waals surface area contributed by atoms with Crippen molar-refractivity contribution in [2.45, 2.75) is 27.2 Å². The van der Waals surface area contributed by atoms with Crippen molar-refractivity contribution in [1.82, 2.24) is 4.98 Å². The second kappa shape index (κ2) is 11.2. The highest BCUT2D eigenvalue weighted by Gasteiger charge is 2.14. The second-order valence-corrected chi connectivity index (χ2v) is 9.05. The molecule has 3 aromatic rings. The largest absolute Gasteiger partial charge is 0.494 e. The lowest BCUT2D eigenvalue weighted by molar-refractivity contribution is -0.111. The van der Waals surface area contributed by atoms with Crippen LogP contribution in [0, 0.1) is 12.8 Å². The number of carbonyl (C=O) groups excluding carboxylic acids is 1. The maximum Gasteiger partial charge on any atom is 0.248 e. The van der Waals surface area contributed by atoms with E-state index < -0.39 is 0 Å². The van der Waals surface area contributed by atoms with Gasteiger partial charge in [-0.2, -0.15) is 0 Å². The van der Waals surface area contributed by atoms with E-state index in [1.54, 1.807) is 12.2 Å². The Kier molecular flexibility index (Phi) is 7.80. The summed E-state index contributed by atoms with van der Waals surface area (Å²) in [5.41, 5.74) is 3.75. The minimum absolute atomic E-state index is 0.174. The van der Waals surface area contributed by atoms with Gasteiger partial charge in [-0.1, -0.05) is 26.0 Å². The van der Waals surface area contributed by atoms with Crippen molar-refractivity contribution in [2.75, 3.05) is 43.1 Å². The van der Waals surface area contributed by atoms with Gasteiger partial charge in [0.2, 0.25) is 5.91 Å². The van der Waals surface area contributed by atoms with Crippen LogP contribution in [-0.2, 0) is 9.53 Å². The summed E-state index contributed by atoms with van der Waals surface area (Å²) >= 11 is 0. The van der Waals surface area contributed by atoms with Crippen LogP contribution in [0.5, 0.6) is 5.75 Å². The molecule has 0 spiro atoms. The van der Waals surface area contributed by atoms with Gasteiger partial charge in [0.05, 0.1) is 25.3 Å². The summed E-state index contributed by atoms with van der Waals surface area (Å²) in [5, 5.41) is 3.99. The van der Waals surface area contributed by atoms with Gasteiger partial charge in [-0.15, -0.1) is 0 Å². The fourth-order valence-electron chi connectivity index (χ4n) is 3.85. The molecule has 2 aromatic carbocycles. The molecule has 1 amide bonds. The van der Waals surface area contributed by atoms with Crippen molar-refractivity contribution in [3.05, 3.63) is 65.7 Å². The summed E-state index contributed by atoms with van der Waals surface area (Å²) in [6.07, 6.45) is 4.38. The van der Waals surface area contributed by atoms with Crippen LogP contribution in [0.2, 0.25) is 0 Å². The van der Waals surface area contributed by atoms with E-state index in [2.05, 4.69) is 37.1 Å². The first-order valence-corrected chi connectivity index (χ1v) is 11.9. The van der Waals surface area contributed by atoms with E-state index in [1.807, 2.05) is 42.5 Å². The van der Waals surface area contributed by atoms with Crippen LogP contribution >= 0.6 is 0 Å².